The molecular weight excluding hydrogens is 350 g/mol. The molecule has 2 atom stereocenters. The molecule has 2 N–H and O–H groups in total. The average molecular weight is 386 g/mol. The van der Waals surface area contributed by atoms with Crippen molar-refractivity contribution in [3.05, 3.63) is 36.0 Å². The molecule has 2 aromatic rings. The van der Waals surface area contributed by atoms with E-state index in [1.807, 2.05) is 0 Å². The second-order valence-electron chi connectivity index (χ2n) is 8.53. The van der Waals surface area contributed by atoms with Crippen LogP contribution in [-0.2, 0) is 5.54 Å². The molecule has 6 nitrogen and oxygen atoms in total. The van der Waals surface area contributed by atoms with Gasteiger partial charge in [0.15, 0.2) is 0 Å². The van der Waals surface area contributed by atoms with Gasteiger partial charge in [0.25, 0.3) is 0 Å². The van der Waals surface area contributed by atoms with Crippen molar-refractivity contribution in [1.29, 1.82) is 0 Å². The van der Waals surface area contributed by atoms with Gasteiger partial charge in [-0.2, -0.15) is 0 Å². The number of nitrogens with zero attached hydrogens (tertiary/aromatic N) is 3. The second-order valence-corrected chi connectivity index (χ2v) is 8.53. The first-order valence-electron chi connectivity index (χ1n) is 11.3. The number of hydrogen-bond acceptors (Lipinski definition) is 5. The quantitative estimate of drug-likeness (QED) is 0.787. The van der Waals surface area contributed by atoms with Crippen LogP contribution in [0, 0.1) is 0 Å². The summed E-state index contributed by atoms with van der Waals surface area (Å²) < 4.78 is 5.31. The molecule has 0 aromatic carbocycles. The van der Waals surface area contributed by atoms with Gasteiger partial charge in [0.1, 0.15) is 12.0 Å². The van der Waals surface area contributed by atoms with Crippen molar-refractivity contribution >= 4 is 0 Å². The van der Waals surface area contributed by atoms with Crippen LogP contribution in [0.4, 0.5) is 0 Å². The van der Waals surface area contributed by atoms with Crippen molar-refractivity contribution in [3.8, 4) is 0 Å². The van der Waals surface area contributed by atoms with Crippen LogP contribution >= 0.6 is 0 Å². The molecule has 4 rings (SSSR count). The van der Waals surface area contributed by atoms with Gasteiger partial charge in [0.2, 0.25) is 0 Å². The number of hydrazine groups is 1. The lowest BCUT2D eigenvalue weighted by Crippen LogP contribution is -2.57. The highest BCUT2D eigenvalue weighted by Gasteiger charge is 2.48. The molecular formula is C22H35N5O. The van der Waals surface area contributed by atoms with E-state index in [4.69, 9.17) is 4.52 Å². The van der Waals surface area contributed by atoms with E-state index in [9.17, 15) is 0 Å². The van der Waals surface area contributed by atoms with E-state index in [-0.39, 0.29) is 5.54 Å². The lowest BCUT2D eigenvalue weighted by Gasteiger charge is -2.47. The maximum Gasteiger partial charge on any atom is 0.149 e. The Labute approximate surface area is 168 Å². The Morgan fingerprint density at radius 1 is 1.00 bits per heavy atom. The molecule has 1 saturated heterocycles. The molecule has 2 unspecified atom stereocenters. The molecule has 0 bridgehead atoms. The zero-order chi connectivity index (χ0) is 19.1. The highest BCUT2D eigenvalue weighted by Crippen LogP contribution is 2.47. The fraction of sp³-hybridized carbons (Fsp3) is 0.727. The van der Waals surface area contributed by atoms with Crippen LogP contribution < -0.4 is 5.43 Å². The summed E-state index contributed by atoms with van der Waals surface area (Å²) in [5.41, 5.74) is 5.91. The van der Waals surface area contributed by atoms with Crippen LogP contribution in [0.2, 0.25) is 0 Å². The monoisotopic (exact) mass is 385 g/mol. The molecule has 1 aliphatic heterocycles. The van der Waals surface area contributed by atoms with Crippen molar-refractivity contribution in [2.24, 2.45) is 0 Å². The molecule has 2 aliphatic rings. The smallest absolute Gasteiger partial charge is 0.149 e. The number of aromatic amines is 1. The minimum Gasteiger partial charge on any atom is -0.365 e. The van der Waals surface area contributed by atoms with Crippen LogP contribution in [0.3, 0.4) is 0 Å². The number of rotatable bonds is 3. The molecule has 0 radical (unpaired) electrons. The van der Waals surface area contributed by atoms with Crippen LogP contribution in [0.5, 0.6) is 0 Å². The lowest BCUT2D eigenvalue weighted by molar-refractivity contribution is -0.00881. The standard InChI is InChI=1S/C22H35N5O/c1-3-7-12-19(20-13-11-15-23-20)22(14-8-4-1,21-18-28-26-25-21)27-17-10-6-2-5-9-16-24-27/h11,13,15,18-19,23-24H,1-10,12,14,16-17H2. The van der Waals surface area contributed by atoms with Crippen molar-refractivity contribution in [2.45, 2.75) is 88.5 Å². The van der Waals surface area contributed by atoms with E-state index in [1.165, 1.54) is 69.9 Å². The van der Waals surface area contributed by atoms with Crippen LogP contribution in [0.25, 0.3) is 0 Å². The fourth-order valence-electron chi connectivity index (χ4n) is 5.34. The zero-order valence-corrected chi connectivity index (χ0v) is 17.0. The molecule has 2 aromatic heterocycles. The molecule has 3 heterocycles. The van der Waals surface area contributed by atoms with Crippen molar-refractivity contribution in [2.75, 3.05) is 13.1 Å². The Balaban J connectivity index is 1.79. The van der Waals surface area contributed by atoms with Gasteiger partial charge in [-0.3, -0.25) is 5.43 Å². The van der Waals surface area contributed by atoms with E-state index < -0.39 is 0 Å². The first-order valence-corrected chi connectivity index (χ1v) is 11.3. The van der Waals surface area contributed by atoms with Crippen LogP contribution in [0.15, 0.2) is 29.1 Å². The third kappa shape index (κ3) is 4.18. The summed E-state index contributed by atoms with van der Waals surface area (Å²) in [6, 6.07) is 4.38. The Kier molecular flexibility index (Phi) is 6.81. The number of hydrogen-bond donors (Lipinski definition) is 2. The molecule has 6 heteroatoms. The van der Waals surface area contributed by atoms with Gasteiger partial charge in [-0.1, -0.05) is 51.4 Å². The van der Waals surface area contributed by atoms with E-state index >= 15 is 0 Å². The predicted octanol–water partition coefficient (Wildman–Crippen LogP) is 4.89. The molecule has 2 fully saturated rings. The Morgan fingerprint density at radius 2 is 1.82 bits per heavy atom. The van der Waals surface area contributed by atoms with Crippen molar-refractivity contribution in [1.82, 2.24) is 25.8 Å². The highest BCUT2D eigenvalue weighted by atomic mass is 16.5. The number of nitrogens with one attached hydrogen (secondary N) is 2. The topological polar surface area (TPSA) is 70.0 Å². The Hall–Kier alpha value is -1.66. The van der Waals surface area contributed by atoms with Gasteiger partial charge in [-0.05, 0) is 37.8 Å². The summed E-state index contributed by atoms with van der Waals surface area (Å²) in [6.07, 6.45) is 18.9. The molecule has 1 saturated carbocycles. The largest absolute Gasteiger partial charge is 0.365 e. The summed E-state index contributed by atoms with van der Waals surface area (Å²) >= 11 is 0. The van der Waals surface area contributed by atoms with Gasteiger partial charge < -0.3 is 9.51 Å². The minimum absolute atomic E-state index is 0.223. The first-order chi connectivity index (χ1) is 13.9. The van der Waals surface area contributed by atoms with Gasteiger partial charge in [0.05, 0.1) is 5.54 Å². The Morgan fingerprint density at radius 3 is 2.64 bits per heavy atom. The van der Waals surface area contributed by atoms with E-state index in [0.29, 0.717) is 5.92 Å². The zero-order valence-electron chi connectivity index (χ0n) is 17.0. The minimum atomic E-state index is -0.223. The lowest BCUT2D eigenvalue weighted by atomic mass is 9.73. The van der Waals surface area contributed by atoms with Crippen LogP contribution in [-0.4, -0.2) is 33.5 Å². The third-order valence-electron chi connectivity index (χ3n) is 6.77. The number of H-pyrrole nitrogens is 1. The maximum atomic E-state index is 5.31. The average Bonchev–Trinajstić information content (AvgIpc) is 3.44. The molecule has 28 heavy (non-hydrogen) atoms. The summed E-state index contributed by atoms with van der Waals surface area (Å²) in [6.45, 7) is 2.08. The summed E-state index contributed by atoms with van der Waals surface area (Å²) in [4.78, 5) is 3.54. The predicted molar refractivity (Wildman–Crippen MR) is 110 cm³/mol. The van der Waals surface area contributed by atoms with E-state index in [1.54, 1.807) is 6.26 Å². The fourth-order valence-corrected chi connectivity index (χ4v) is 5.34. The molecule has 154 valence electrons. The van der Waals surface area contributed by atoms with E-state index in [0.717, 1.165) is 31.6 Å². The van der Waals surface area contributed by atoms with Gasteiger partial charge in [-0.25, -0.2) is 5.01 Å². The van der Waals surface area contributed by atoms with Crippen molar-refractivity contribution in [3.63, 3.8) is 0 Å². The van der Waals surface area contributed by atoms with Gasteiger partial charge >= 0.3 is 0 Å². The summed E-state index contributed by atoms with van der Waals surface area (Å²) in [5.74, 6) is 0.348. The SMILES string of the molecule is c1c[nH]c(C2CCCCCCCC2(c2conn2)N2CCCCCCCN2)c1. The first kappa shape index (κ1) is 19.6. The van der Waals surface area contributed by atoms with E-state index in [2.05, 4.69) is 44.1 Å². The third-order valence-corrected chi connectivity index (χ3v) is 6.77. The number of aromatic nitrogens is 3. The van der Waals surface area contributed by atoms with Gasteiger partial charge in [-0.15, -0.1) is 5.10 Å². The highest BCUT2D eigenvalue weighted by molar-refractivity contribution is 5.24. The summed E-state index contributed by atoms with van der Waals surface area (Å²) in [5, 5.41) is 11.0. The normalized spacial score (nSPS) is 29.1. The summed E-state index contributed by atoms with van der Waals surface area (Å²) in [7, 11) is 0. The maximum absolute atomic E-state index is 5.31. The Bertz CT molecular complexity index is 661. The van der Waals surface area contributed by atoms with Crippen LogP contribution in [0.1, 0.15) is 94.4 Å². The molecule has 1 aliphatic carbocycles. The second kappa shape index (κ2) is 9.70. The molecule has 0 spiro atoms. The molecule has 0 amide bonds. The van der Waals surface area contributed by atoms with Crippen molar-refractivity contribution < 1.29 is 4.52 Å². The van der Waals surface area contributed by atoms with Gasteiger partial charge in [0, 0.05) is 36.2 Å².